The van der Waals surface area contributed by atoms with E-state index in [1.54, 1.807) is 20.3 Å². The van der Waals surface area contributed by atoms with Crippen molar-refractivity contribution < 1.29 is 14.3 Å². The van der Waals surface area contributed by atoms with E-state index in [4.69, 9.17) is 9.47 Å². The molecule has 1 aromatic carbocycles. The van der Waals surface area contributed by atoms with Gasteiger partial charge in [-0.2, -0.15) is 0 Å². The van der Waals surface area contributed by atoms with Crippen LogP contribution in [0.1, 0.15) is 28.8 Å². The monoisotopic (exact) mass is 263 g/mol. The molecule has 0 spiro atoms. The maximum atomic E-state index is 12.5. The average Bonchev–Trinajstić information content (AvgIpc) is 2.90. The fraction of sp³-hybridized carbons (Fsp3) is 0.533. The van der Waals surface area contributed by atoms with E-state index in [0.29, 0.717) is 29.4 Å². The molecule has 0 saturated carbocycles. The van der Waals surface area contributed by atoms with E-state index in [2.05, 4.69) is 5.32 Å². The van der Waals surface area contributed by atoms with Crippen LogP contribution >= 0.6 is 0 Å². The molecule has 1 heterocycles. The summed E-state index contributed by atoms with van der Waals surface area (Å²) in [6.07, 6.45) is 1.65. The lowest BCUT2D eigenvalue weighted by Gasteiger charge is -2.14. The van der Waals surface area contributed by atoms with Crippen LogP contribution in [0, 0.1) is 12.8 Å². The van der Waals surface area contributed by atoms with Crippen LogP contribution in [0.15, 0.2) is 12.1 Å². The highest BCUT2D eigenvalue weighted by Crippen LogP contribution is 2.30. The molecular formula is C15H21NO3. The maximum Gasteiger partial charge on any atom is 0.167 e. The molecule has 19 heavy (non-hydrogen) atoms. The molecule has 1 aliphatic rings. The van der Waals surface area contributed by atoms with Gasteiger partial charge in [0.15, 0.2) is 5.78 Å². The Bertz CT molecular complexity index is 465. The van der Waals surface area contributed by atoms with Crippen LogP contribution in [-0.2, 0) is 0 Å². The minimum atomic E-state index is 0.158. The number of aryl methyl sites for hydroxylation is 1. The molecule has 1 fully saturated rings. The number of hydrogen-bond donors (Lipinski definition) is 1. The van der Waals surface area contributed by atoms with Crippen molar-refractivity contribution in [2.75, 3.05) is 27.3 Å². The molecule has 104 valence electrons. The Morgan fingerprint density at radius 2 is 2.16 bits per heavy atom. The molecule has 1 atom stereocenters. The summed E-state index contributed by atoms with van der Waals surface area (Å²) < 4.78 is 10.5. The molecule has 1 unspecified atom stereocenters. The minimum absolute atomic E-state index is 0.158. The standard InChI is InChI=1S/C15H21NO3/c1-10-6-12(18-2)8-14(19-3)15(10)13(17)7-11-4-5-16-9-11/h6,8,11,16H,4-5,7,9H2,1-3H3. The van der Waals surface area contributed by atoms with Gasteiger partial charge in [0.25, 0.3) is 0 Å². The second-order valence-corrected chi connectivity index (χ2v) is 5.01. The van der Waals surface area contributed by atoms with E-state index in [9.17, 15) is 4.79 Å². The van der Waals surface area contributed by atoms with Gasteiger partial charge in [0.05, 0.1) is 19.8 Å². The molecule has 0 amide bonds. The molecule has 0 radical (unpaired) electrons. The number of ether oxygens (including phenoxy) is 2. The molecular weight excluding hydrogens is 242 g/mol. The normalized spacial score (nSPS) is 18.4. The first-order valence-electron chi connectivity index (χ1n) is 6.62. The lowest BCUT2D eigenvalue weighted by atomic mass is 9.94. The van der Waals surface area contributed by atoms with Gasteiger partial charge >= 0.3 is 0 Å². The van der Waals surface area contributed by atoms with Gasteiger partial charge in [-0.1, -0.05) is 0 Å². The van der Waals surface area contributed by atoms with Crippen molar-refractivity contribution in [2.24, 2.45) is 5.92 Å². The van der Waals surface area contributed by atoms with E-state index in [0.717, 1.165) is 25.1 Å². The summed E-state index contributed by atoms with van der Waals surface area (Å²) in [5, 5.41) is 3.29. The highest BCUT2D eigenvalue weighted by atomic mass is 16.5. The number of methoxy groups -OCH3 is 2. The summed E-state index contributed by atoms with van der Waals surface area (Å²) in [4.78, 5) is 12.5. The summed E-state index contributed by atoms with van der Waals surface area (Å²) >= 11 is 0. The summed E-state index contributed by atoms with van der Waals surface area (Å²) in [7, 11) is 3.20. The number of carbonyl (C=O) groups is 1. The fourth-order valence-corrected chi connectivity index (χ4v) is 2.61. The lowest BCUT2D eigenvalue weighted by molar-refractivity contribution is 0.0961. The smallest absolute Gasteiger partial charge is 0.167 e. The fourth-order valence-electron chi connectivity index (χ4n) is 2.61. The Labute approximate surface area is 114 Å². The van der Waals surface area contributed by atoms with Crippen LogP contribution in [0.25, 0.3) is 0 Å². The van der Waals surface area contributed by atoms with Gasteiger partial charge in [-0.05, 0) is 44.0 Å². The van der Waals surface area contributed by atoms with E-state index in [-0.39, 0.29) is 5.78 Å². The molecule has 0 aliphatic carbocycles. The number of Topliss-reactive ketones (excluding diaryl/α,β-unsaturated/α-hetero) is 1. The topological polar surface area (TPSA) is 47.6 Å². The Morgan fingerprint density at radius 1 is 1.37 bits per heavy atom. The molecule has 1 aromatic rings. The SMILES string of the molecule is COc1cc(C)c(C(=O)CC2CCNC2)c(OC)c1. The van der Waals surface area contributed by atoms with Crippen molar-refractivity contribution >= 4 is 5.78 Å². The van der Waals surface area contributed by atoms with Crippen LogP contribution in [0.4, 0.5) is 0 Å². The van der Waals surface area contributed by atoms with Crippen molar-refractivity contribution in [1.29, 1.82) is 0 Å². The summed E-state index contributed by atoms with van der Waals surface area (Å²) in [6.45, 7) is 3.87. The number of nitrogens with one attached hydrogen (secondary N) is 1. The van der Waals surface area contributed by atoms with Crippen LogP contribution in [0.5, 0.6) is 11.5 Å². The van der Waals surface area contributed by atoms with Crippen LogP contribution < -0.4 is 14.8 Å². The van der Waals surface area contributed by atoms with E-state index in [1.807, 2.05) is 13.0 Å². The summed E-state index contributed by atoms with van der Waals surface area (Å²) in [6, 6.07) is 3.65. The maximum absolute atomic E-state index is 12.5. The third-order valence-corrected chi connectivity index (χ3v) is 3.64. The first kappa shape index (κ1) is 13.9. The first-order chi connectivity index (χ1) is 9.15. The van der Waals surface area contributed by atoms with Gasteiger partial charge in [-0.15, -0.1) is 0 Å². The molecule has 4 nitrogen and oxygen atoms in total. The number of carbonyl (C=O) groups excluding carboxylic acids is 1. The lowest BCUT2D eigenvalue weighted by Crippen LogP contribution is -2.14. The van der Waals surface area contributed by atoms with Crippen molar-refractivity contribution in [1.82, 2.24) is 5.32 Å². The molecule has 2 rings (SSSR count). The van der Waals surface area contributed by atoms with E-state index < -0.39 is 0 Å². The van der Waals surface area contributed by atoms with Crippen molar-refractivity contribution in [2.45, 2.75) is 19.8 Å². The average molecular weight is 263 g/mol. The first-order valence-corrected chi connectivity index (χ1v) is 6.62. The second-order valence-electron chi connectivity index (χ2n) is 5.01. The van der Waals surface area contributed by atoms with Crippen LogP contribution in [-0.4, -0.2) is 33.1 Å². The Morgan fingerprint density at radius 3 is 2.74 bits per heavy atom. The third kappa shape index (κ3) is 3.07. The molecule has 1 saturated heterocycles. The number of rotatable bonds is 5. The van der Waals surface area contributed by atoms with Gasteiger partial charge in [-0.25, -0.2) is 0 Å². The van der Waals surface area contributed by atoms with Gasteiger partial charge in [0.1, 0.15) is 11.5 Å². The third-order valence-electron chi connectivity index (χ3n) is 3.64. The molecule has 1 N–H and O–H groups in total. The van der Waals surface area contributed by atoms with Gasteiger partial charge in [0.2, 0.25) is 0 Å². The second kappa shape index (κ2) is 6.06. The number of ketones is 1. The van der Waals surface area contributed by atoms with Crippen molar-refractivity contribution in [3.8, 4) is 11.5 Å². The Hall–Kier alpha value is -1.55. The highest BCUT2D eigenvalue weighted by molar-refractivity contribution is 6.00. The molecule has 0 bridgehead atoms. The molecule has 1 aliphatic heterocycles. The van der Waals surface area contributed by atoms with Crippen LogP contribution in [0.3, 0.4) is 0 Å². The zero-order chi connectivity index (χ0) is 13.8. The molecule has 0 aromatic heterocycles. The minimum Gasteiger partial charge on any atom is -0.497 e. The predicted molar refractivity (Wildman–Crippen MR) is 74.2 cm³/mol. The van der Waals surface area contributed by atoms with Crippen LogP contribution in [0.2, 0.25) is 0 Å². The number of benzene rings is 1. The van der Waals surface area contributed by atoms with E-state index >= 15 is 0 Å². The van der Waals surface area contributed by atoms with Gasteiger partial charge in [0, 0.05) is 12.5 Å². The quantitative estimate of drug-likeness (QED) is 0.827. The summed E-state index contributed by atoms with van der Waals surface area (Å²) in [5.74, 6) is 1.92. The molecule has 4 heteroatoms. The zero-order valence-electron chi connectivity index (χ0n) is 11.8. The Kier molecular flexibility index (Phi) is 4.43. The summed E-state index contributed by atoms with van der Waals surface area (Å²) in [5.41, 5.74) is 1.60. The van der Waals surface area contributed by atoms with Gasteiger partial charge < -0.3 is 14.8 Å². The number of hydrogen-bond acceptors (Lipinski definition) is 4. The predicted octanol–water partition coefficient (Wildman–Crippen LogP) is 2.19. The van der Waals surface area contributed by atoms with Crippen molar-refractivity contribution in [3.05, 3.63) is 23.3 Å². The Balaban J connectivity index is 2.24. The largest absolute Gasteiger partial charge is 0.497 e. The van der Waals surface area contributed by atoms with E-state index in [1.165, 1.54) is 0 Å². The highest BCUT2D eigenvalue weighted by Gasteiger charge is 2.23. The van der Waals surface area contributed by atoms with Crippen molar-refractivity contribution in [3.63, 3.8) is 0 Å². The van der Waals surface area contributed by atoms with Gasteiger partial charge in [-0.3, -0.25) is 4.79 Å². The zero-order valence-corrected chi connectivity index (χ0v) is 11.8.